The standard InChI is InChI=1S/C72H84N4O6S/c1-7-13-17-19-45-81-62-39-35-60(36-40-62)76(61-37-41-63(42-38-61)82-46-20-18-14-8-2)59-33-31-56(32-34-59)64-43-44-65(83-64)69-67-66(70(77)75(69)50-52(12-6)22-16-10-4)68(74(71(67)78)49-51(11-5)21-15-9-3)57-29-27-55(28-30-57)54-25-23-53(24-26-54)47-58(48-73)72(79)80/h23-44,47,51-52H,7-22,45-46,49-50H2,1-6H3,(H,79,80)/b58-47-. The lowest BCUT2D eigenvalue weighted by Gasteiger charge is -2.29. The minimum atomic E-state index is -1.27. The molecule has 6 aromatic rings. The number of carbonyl (C=O) groups is 3. The molecular weight excluding hydrogens is 1050 g/mol. The van der Waals surface area contributed by atoms with Crippen LogP contribution in [0.25, 0.3) is 39.0 Å². The average Bonchev–Trinajstić information content (AvgIpc) is 2.33. The summed E-state index contributed by atoms with van der Waals surface area (Å²) in [5.74, 6) is 0.702. The van der Waals surface area contributed by atoms with Gasteiger partial charge in [0.25, 0.3) is 11.8 Å². The van der Waals surface area contributed by atoms with Crippen molar-refractivity contribution in [2.75, 3.05) is 31.2 Å². The molecule has 1 N–H and O–H groups in total. The van der Waals surface area contributed by atoms with Crippen LogP contribution in [-0.2, 0) is 14.4 Å². The number of thiophene rings is 1. The lowest BCUT2D eigenvalue weighted by molar-refractivity contribution is -0.132. The number of nitriles is 1. The highest BCUT2D eigenvalue weighted by Crippen LogP contribution is 2.50. The predicted octanol–water partition coefficient (Wildman–Crippen LogP) is 18.7. The van der Waals surface area contributed by atoms with E-state index in [-0.39, 0.29) is 29.2 Å². The first-order valence-electron chi connectivity index (χ1n) is 30.7. The van der Waals surface area contributed by atoms with Crippen LogP contribution in [0.5, 0.6) is 11.5 Å². The molecule has 0 radical (unpaired) electrons. The van der Waals surface area contributed by atoms with Crippen LogP contribution >= 0.6 is 11.3 Å². The molecule has 8 rings (SSSR count). The molecule has 2 aliphatic heterocycles. The summed E-state index contributed by atoms with van der Waals surface area (Å²) in [4.78, 5) is 50.6. The quantitative estimate of drug-likeness (QED) is 0.0246. The zero-order valence-electron chi connectivity index (χ0n) is 49.8. The van der Waals surface area contributed by atoms with E-state index in [4.69, 9.17) is 9.47 Å². The van der Waals surface area contributed by atoms with Gasteiger partial charge in [0.05, 0.1) is 40.6 Å². The van der Waals surface area contributed by atoms with E-state index >= 15 is 9.59 Å². The Balaban J connectivity index is 1.16. The molecule has 434 valence electrons. The zero-order valence-corrected chi connectivity index (χ0v) is 50.6. The van der Waals surface area contributed by atoms with Gasteiger partial charge in [0.15, 0.2) is 0 Å². The van der Waals surface area contributed by atoms with E-state index in [0.717, 1.165) is 125 Å². The van der Waals surface area contributed by atoms with Gasteiger partial charge in [-0.2, -0.15) is 5.26 Å². The van der Waals surface area contributed by atoms with Crippen molar-refractivity contribution in [3.63, 3.8) is 0 Å². The minimum Gasteiger partial charge on any atom is -0.494 e. The highest BCUT2D eigenvalue weighted by atomic mass is 32.1. The Bertz CT molecular complexity index is 3180. The molecule has 0 bridgehead atoms. The Morgan fingerprint density at radius 1 is 0.530 bits per heavy atom. The fourth-order valence-corrected chi connectivity index (χ4v) is 12.3. The third-order valence-electron chi connectivity index (χ3n) is 16.2. The van der Waals surface area contributed by atoms with Crippen LogP contribution in [0.15, 0.2) is 150 Å². The van der Waals surface area contributed by atoms with Gasteiger partial charge in [0, 0.05) is 35.0 Å². The Kier molecular flexibility index (Phi) is 22.6. The molecule has 10 nitrogen and oxygen atoms in total. The normalized spacial score (nSPS) is 14.1. The van der Waals surface area contributed by atoms with Crippen LogP contribution in [0.4, 0.5) is 17.1 Å². The summed E-state index contributed by atoms with van der Waals surface area (Å²) < 4.78 is 12.3. The highest BCUT2D eigenvalue weighted by molar-refractivity contribution is 7.16. The van der Waals surface area contributed by atoms with Crippen LogP contribution in [0, 0.1) is 23.2 Å². The fraction of sp³-hybridized carbons (Fsp3) is 0.389. The molecule has 2 atom stereocenters. The first kappa shape index (κ1) is 61.4. The average molecular weight is 1130 g/mol. The molecule has 2 aliphatic rings. The summed E-state index contributed by atoms with van der Waals surface area (Å²) in [7, 11) is 0. The second-order valence-electron chi connectivity index (χ2n) is 22.1. The zero-order chi connectivity index (χ0) is 58.7. The molecule has 0 fully saturated rings. The van der Waals surface area contributed by atoms with Gasteiger partial charge >= 0.3 is 5.97 Å². The third-order valence-corrected chi connectivity index (χ3v) is 17.3. The van der Waals surface area contributed by atoms with E-state index in [1.807, 2.05) is 46.2 Å². The maximum Gasteiger partial charge on any atom is 0.346 e. The summed E-state index contributed by atoms with van der Waals surface area (Å²) in [6.45, 7) is 15.7. The lowest BCUT2D eigenvalue weighted by atomic mass is 9.97. The van der Waals surface area contributed by atoms with E-state index in [9.17, 15) is 15.2 Å². The topological polar surface area (TPSA) is 123 Å². The second-order valence-corrected chi connectivity index (χ2v) is 23.2. The van der Waals surface area contributed by atoms with E-state index in [2.05, 4.69) is 131 Å². The van der Waals surface area contributed by atoms with Crippen LogP contribution < -0.4 is 14.4 Å². The number of anilines is 3. The Labute approximate surface area is 497 Å². The van der Waals surface area contributed by atoms with Crippen molar-refractivity contribution in [2.45, 2.75) is 144 Å². The fourth-order valence-electron chi connectivity index (χ4n) is 11.2. The molecule has 1 aromatic heterocycles. The predicted molar refractivity (Wildman–Crippen MR) is 341 cm³/mol. The monoisotopic (exact) mass is 1130 g/mol. The van der Waals surface area contributed by atoms with Crippen molar-refractivity contribution >= 4 is 63.7 Å². The number of nitrogens with zero attached hydrogens (tertiary/aromatic N) is 4. The maximum absolute atomic E-state index is 15.5. The molecule has 0 saturated heterocycles. The van der Waals surface area contributed by atoms with Gasteiger partial charge in [-0.15, -0.1) is 11.3 Å². The summed E-state index contributed by atoms with van der Waals surface area (Å²) in [6.07, 6.45) is 18.6. The molecule has 0 saturated carbocycles. The Morgan fingerprint density at radius 2 is 0.952 bits per heavy atom. The van der Waals surface area contributed by atoms with Crippen molar-refractivity contribution in [3.8, 4) is 39.1 Å². The number of unbranched alkanes of at least 4 members (excludes halogenated alkanes) is 8. The SMILES string of the molecule is CCCCCCOc1ccc(N(c2ccc(OCCCCCC)cc2)c2ccc(-c3ccc(C4=C5C(=O)N(CC(CC)CCCC)C(c6ccc(-c7ccc(/C=C(/C#N)C(=O)O)cc7)cc6)=C5C(=O)N4CC(CC)CCCC)s3)cc2)cc1. The number of ether oxygens (including phenoxy) is 2. The molecule has 3 heterocycles. The van der Waals surface area contributed by atoms with Crippen molar-refractivity contribution in [2.24, 2.45) is 11.8 Å². The molecule has 2 amide bonds. The second kappa shape index (κ2) is 30.6. The van der Waals surface area contributed by atoms with Gasteiger partial charge in [-0.3, -0.25) is 9.59 Å². The van der Waals surface area contributed by atoms with Gasteiger partial charge < -0.3 is 29.3 Å². The molecule has 83 heavy (non-hydrogen) atoms. The minimum absolute atomic E-state index is 0.124. The van der Waals surface area contributed by atoms with Crippen LogP contribution in [0.2, 0.25) is 0 Å². The van der Waals surface area contributed by atoms with Gasteiger partial charge in [-0.25, -0.2) is 4.79 Å². The van der Waals surface area contributed by atoms with E-state index in [1.54, 1.807) is 29.5 Å². The smallest absolute Gasteiger partial charge is 0.346 e. The first-order chi connectivity index (χ1) is 40.5. The van der Waals surface area contributed by atoms with Gasteiger partial charge in [0.1, 0.15) is 23.1 Å². The lowest BCUT2D eigenvalue weighted by Crippen LogP contribution is -2.34. The number of rotatable bonds is 33. The van der Waals surface area contributed by atoms with E-state index < -0.39 is 5.97 Å². The van der Waals surface area contributed by atoms with Gasteiger partial charge in [-0.05, 0) is 144 Å². The number of carboxylic acids is 1. The summed E-state index contributed by atoms with van der Waals surface area (Å²) in [6, 6.07) is 46.8. The Morgan fingerprint density at radius 3 is 1.41 bits per heavy atom. The van der Waals surface area contributed by atoms with Crippen molar-refractivity contribution in [3.05, 3.63) is 166 Å². The number of fused-ring (bicyclic) bond motifs is 1. The molecular formula is C72H84N4O6S. The molecule has 0 aliphatic carbocycles. The van der Waals surface area contributed by atoms with Crippen LogP contribution in [0.1, 0.15) is 160 Å². The van der Waals surface area contributed by atoms with Crippen molar-refractivity contribution < 1.29 is 29.0 Å². The summed E-state index contributed by atoms with van der Waals surface area (Å²) >= 11 is 1.62. The molecule has 5 aromatic carbocycles. The molecule has 11 heteroatoms. The molecule has 0 spiro atoms. The Hall–Kier alpha value is -7.68. The largest absolute Gasteiger partial charge is 0.494 e. The maximum atomic E-state index is 15.5. The summed E-state index contributed by atoms with van der Waals surface area (Å²) in [5.41, 5.74) is 9.29. The number of amides is 2. The van der Waals surface area contributed by atoms with E-state index in [0.29, 0.717) is 54.4 Å². The third kappa shape index (κ3) is 15.3. The summed E-state index contributed by atoms with van der Waals surface area (Å²) in [5, 5.41) is 18.7. The number of carbonyl (C=O) groups excluding carboxylic acids is 2. The van der Waals surface area contributed by atoms with Gasteiger partial charge in [0.2, 0.25) is 0 Å². The van der Waals surface area contributed by atoms with Crippen molar-refractivity contribution in [1.82, 2.24) is 9.80 Å². The van der Waals surface area contributed by atoms with E-state index in [1.165, 1.54) is 44.6 Å². The number of hydrogen-bond donors (Lipinski definition) is 1. The highest BCUT2D eigenvalue weighted by Gasteiger charge is 2.49. The van der Waals surface area contributed by atoms with Crippen LogP contribution in [-0.4, -0.2) is 59.0 Å². The first-order valence-corrected chi connectivity index (χ1v) is 31.5. The number of hydrogen-bond acceptors (Lipinski definition) is 8. The number of benzene rings is 5. The van der Waals surface area contributed by atoms with Crippen LogP contribution in [0.3, 0.4) is 0 Å². The van der Waals surface area contributed by atoms with Crippen molar-refractivity contribution in [1.29, 1.82) is 5.26 Å². The molecule has 2 unspecified atom stereocenters. The van der Waals surface area contributed by atoms with Gasteiger partial charge in [-0.1, -0.05) is 179 Å². The number of aliphatic carboxylic acids is 1. The number of carboxylic acid groups (broad SMARTS) is 1.